The molecule has 142 valence electrons. The molecule has 3 saturated carbocycles. The van der Waals surface area contributed by atoms with Crippen LogP contribution in [0, 0.1) is 17.2 Å². The van der Waals surface area contributed by atoms with Crippen LogP contribution < -0.4 is 10.6 Å². The number of halogens is 4. The molecule has 4 rings (SSSR count). The summed E-state index contributed by atoms with van der Waals surface area (Å²) in [5.41, 5.74) is 0.154. The zero-order valence-corrected chi connectivity index (χ0v) is 15.1. The number of carbonyl (C=O) groups excluding carboxylic acids is 1. The van der Waals surface area contributed by atoms with Gasteiger partial charge in [-0.05, 0) is 61.8 Å². The lowest BCUT2D eigenvalue weighted by Gasteiger charge is -2.57. The van der Waals surface area contributed by atoms with Gasteiger partial charge in [-0.25, -0.2) is 13.2 Å². The summed E-state index contributed by atoms with van der Waals surface area (Å²) in [6.07, 6.45) is 3.59. The molecule has 3 fully saturated rings. The van der Waals surface area contributed by atoms with E-state index >= 15 is 0 Å². The van der Waals surface area contributed by atoms with Gasteiger partial charge in [-0.2, -0.15) is 0 Å². The molecule has 0 saturated heterocycles. The van der Waals surface area contributed by atoms with E-state index in [-0.39, 0.29) is 40.8 Å². The number of alkyl halides is 2. The van der Waals surface area contributed by atoms with Crippen molar-refractivity contribution in [1.82, 2.24) is 10.6 Å². The smallest absolute Gasteiger partial charge is 0.251 e. The average Bonchev–Trinajstić information content (AvgIpc) is 2.43. The molecule has 0 aromatic heterocycles. The van der Waals surface area contributed by atoms with E-state index in [0.717, 1.165) is 38.3 Å². The largest absolute Gasteiger partial charge is 0.349 e. The van der Waals surface area contributed by atoms with E-state index in [1.54, 1.807) is 0 Å². The van der Waals surface area contributed by atoms with Gasteiger partial charge in [0, 0.05) is 35.5 Å². The first-order valence-corrected chi connectivity index (χ1v) is 9.48. The standard InChI is InChI=1S/C19H22ClF3N2O/c20-13-1-12(2-14(21)3-13)17(26)25-16-4-15(5-16)24-8-11-6-18(7-11)9-19(22,23)10-18/h1-3,11,15-16,24H,4-10H2,(H,25,26). The highest BCUT2D eigenvalue weighted by Gasteiger charge is 2.61. The Labute approximate surface area is 155 Å². The molecule has 0 atom stereocenters. The molecule has 2 N–H and O–H groups in total. The van der Waals surface area contributed by atoms with Gasteiger partial charge in [0.05, 0.1) is 0 Å². The van der Waals surface area contributed by atoms with Gasteiger partial charge >= 0.3 is 0 Å². The highest BCUT2D eigenvalue weighted by atomic mass is 35.5. The van der Waals surface area contributed by atoms with Crippen LogP contribution in [-0.2, 0) is 0 Å². The van der Waals surface area contributed by atoms with Crippen molar-refractivity contribution in [2.75, 3.05) is 6.54 Å². The van der Waals surface area contributed by atoms with E-state index in [1.807, 2.05) is 0 Å². The van der Waals surface area contributed by atoms with Crippen LogP contribution in [0.5, 0.6) is 0 Å². The highest BCUT2D eigenvalue weighted by molar-refractivity contribution is 6.31. The molecule has 1 amide bonds. The Bertz CT molecular complexity index is 684. The third-order valence-electron chi connectivity index (χ3n) is 6.00. The number of hydrogen-bond donors (Lipinski definition) is 2. The molecule has 0 radical (unpaired) electrons. The molecule has 3 aliphatic rings. The van der Waals surface area contributed by atoms with Gasteiger partial charge in [0.2, 0.25) is 5.92 Å². The van der Waals surface area contributed by atoms with Crippen LogP contribution >= 0.6 is 11.6 Å². The molecule has 0 aliphatic heterocycles. The second kappa shape index (κ2) is 6.41. The predicted molar refractivity (Wildman–Crippen MR) is 93.0 cm³/mol. The first-order valence-electron chi connectivity index (χ1n) is 9.10. The molecule has 0 unspecified atom stereocenters. The Morgan fingerprint density at radius 3 is 2.46 bits per heavy atom. The zero-order chi connectivity index (χ0) is 18.5. The number of rotatable bonds is 5. The van der Waals surface area contributed by atoms with Crippen molar-refractivity contribution in [3.8, 4) is 0 Å². The number of nitrogens with one attached hydrogen (secondary N) is 2. The number of amides is 1. The van der Waals surface area contributed by atoms with E-state index in [2.05, 4.69) is 10.6 Å². The third-order valence-corrected chi connectivity index (χ3v) is 6.22. The highest BCUT2D eigenvalue weighted by Crippen LogP contribution is 2.64. The number of hydrogen-bond acceptors (Lipinski definition) is 2. The summed E-state index contributed by atoms with van der Waals surface area (Å²) in [6.45, 7) is 0.859. The van der Waals surface area contributed by atoms with Crippen molar-refractivity contribution >= 4 is 17.5 Å². The molecule has 1 aromatic carbocycles. The maximum Gasteiger partial charge on any atom is 0.251 e. The minimum atomic E-state index is -2.43. The summed E-state index contributed by atoms with van der Waals surface area (Å²) < 4.78 is 39.3. The van der Waals surface area contributed by atoms with Crippen LogP contribution in [0.1, 0.15) is 48.9 Å². The molecule has 7 heteroatoms. The fourth-order valence-electron chi connectivity index (χ4n) is 4.83. The van der Waals surface area contributed by atoms with Gasteiger partial charge in [0.1, 0.15) is 5.82 Å². The Kier molecular flexibility index (Phi) is 4.47. The van der Waals surface area contributed by atoms with E-state index in [0.29, 0.717) is 12.0 Å². The summed E-state index contributed by atoms with van der Waals surface area (Å²) in [6, 6.07) is 4.20. The lowest BCUT2D eigenvalue weighted by molar-refractivity contribution is -0.206. The molecule has 0 heterocycles. The van der Waals surface area contributed by atoms with Crippen molar-refractivity contribution in [1.29, 1.82) is 0 Å². The average molecular weight is 387 g/mol. The Balaban J connectivity index is 1.14. The summed E-state index contributed by atoms with van der Waals surface area (Å²) in [5.74, 6) is -2.78. The molecule has 3 nitrogen and oxygen atoms in total. The van der Waals surface area contributed by atoms with Crippen LogP contribution in [-0.4, -0.2) is 30.5 Å². The minimum Gasteiger partial charge on any atom is -0.349 e. The predicted octanol–water partition coefficient (Wildman–Crippen LogP) is 4.16. The van der Waals surface area contributed by atoms with Gasteiger partial charge in [0.25, 0.3) is 5.91 Å². The van der Waals surface area contributed by atoms with Crippen molar-refractivity contribution in [2.45, 2.75) is 56.5 Å². The van der Waals surface area contributed by atoms with Gasteiger partial charge in [0.15, 0.2) is 0 Å². The molecule has 26 heavy (non-hydrogen) atoms. The normalized spacial score (nSPS) is 28.8. The maximum absolute atomic E-state index is 13.3. The first kappa shape index (κ1) is 18.1. The van der Waals surface area contributed by atoms with Crippen molar-refractivity contribution < 1.29 is 18.0 Å². The Morgan fingerprint density at radius 2 is 1.85 bits per heavy atom. The Hall–Kier alpha value is -1.27. The quantitative estimate of drug-likeness (QED) is 0.798. The number of benzene rings is 1. The van der Waals surface area contributed by atoms with Crippen molar-refractivity contribution in [3.05, 3.63) is 34.6 Å². The van der Waals surface area contributed by atoms with E-state index in [9.17, 15) is 18.0 Å². The second-order valence-corrected chi connectivity index (χ2v) is 8.83. The molecular weight excluding hydrogens is 365 g/mol. The third kappa shape index (κ3) is 3.72. The first-order chi connectivity index (χ1) is 12.2. The van der Waals surface area contributed by atoms with E-state index in [1.165, 1.54) is 12.1 Å². The van der Waals surface area contributed by atoms with E-state index < -0.39 is 11.7 Å². The van der Waals surface area contributed by atoms with Crippen LogP contribution in [0.3, 0.4) is 0 Å². The second-order valence-electron chi connectivity index (χ2n) is 8.39. The Morgan fingerprint density at radius 1 is 1.15 bits per heavy atom. The fraction of sp³-hybridized carbons (Fsp3) is 0.632. The van der Waals surface area contributed by atoms with Crippen LogP contribution in [0.15, 0.2) is 18.2 Å². The van der Waals surface area contributed by atoms with Gasteiger partial charge in [-0.1, -0.05) is 11.6 Å². The maximum atomic E-state index is 13.3. The zero-order valence-electron chi connectivity index (χ0n) is 14.3. The van der Waals surface area contributed by atoms with Gasteiger partial charge < -0.3 is 10.6 Å². The van der Waals surface area contributed by atoms with Crippen molar-refractivity contribution in [3.63, 3.8) is 0 Å². The van der Waals surface area contributed by atoms with Crippen LogP contribution in [0.4, 0.5) is 13.2 Å². The van der Waals surface area contributed by atoms with Crippen molar-refractivity contribution in [2.24, 2.45) is 11.3 Å². The number of carbonyl (C=O) groups is 1. The molecular formula is C19H22ClF3N2O. The summed E-state index contributed by atoms with van der Waals surface area (Å²) in [7, 11) is 0. The fourth-order valence-corrected chi connectivity index (χ4v) is 5.05. The SMILES string of the molecule is O=C(NC1CC(NCC2CC3(C2)CC(F)(F)C3)C1)c1cc(F)cc(Cl)c1. The monoisotopic (exact) mass is 386 g/mol. The summed E-state index contributed by atoms with van der Waals surface area (Å²) in [5, 5.41) is 6.55. The molecule has 3 aliphatic carbocycles. The van der Waals surface area contributed by atoms with E-state index in [4.69, 9.17) is 11.6 Å². The lowest BCUT2D eigenvalue weighted by atomic mass is 9.50. The minimum absolute atomic E-state index is 0.0676. The molecule has 1 aromatic rings. The lowest BCUT2D eigenvalue weighted by Crippen LogP contribution is -2.57. The summed E-state index contributed by atoms with van der Waals surface area (Å²) in [4.78, 5) is 12.1. The molecule has 1 spiro atoms. The summed E-state index contributed by atoms with van der Waals surface area (Å²) >= 11 is 5.77. The topological polar surface area (TPSA) is 41.1 Å². The van der Waals surface area contributed by atoms with Crippen LogP contribution in [0.2, 0.25) is 5.02 Å². The van der Waals surface area contributed by atoms with Crippen LogP contribution in [0.25, 0.3) is 0 Å². The van der Waals surface area contributed by atoms with Gasteiger partial charge in [-0.3, -0.25) is 4.79 Å². The van der Waals surface area contributed by atoms with Gasteiger partial charge in [-0.15, -0.1) is 0 Å². The molecule has 0 bridgehead atoms.